The van der Waals surface area contributed by atoms with E-state index in [2.05, 4.69) is 84.7 Å². The van der Waals surface area contributed by atoms with Gasteiger partial charge in [-0.05, 0) is 47.1 Å². The second-order valence-electron chi connectivity index (χ2n) is 5.28. The second-order valence-corrected chi connectivity index (χ2v) is 7.34. The first-order chi connectivity index (χ1) is 10.6. The first-order valence-corrected chi connectivity index (χ1v) is 9.74. The molecule has 0 unspecified atom stereocenters. The topological polar surface area (TPSA) is 84.5 Å². The molecular formula is C16H21INO4P. The third-order valence-corrected chi connectivity index (χ3v) is 4.52. The summed E-state index contributed by atoms with van der Waals surface area (Å²) in [5, 5.41) is 0. The Labute approximate surface area is 150 Å². The zero-order valence-corrected chi connectivity index (χ0v) is 16.4. The standard InChI is InChI=1S/C16H19IN.H3O4P/c1-4-6-13-7-5-8-14(9-13)15-11-18(3)10-12(2)16(15)17;1-5(2,3)4/h5,7-11H,4,6H2,1-3H3;(H3,1,2,3,4)/q+1;/p-1. The van der Waals surface area contributed by atoms with Crippen molar-refractivity contribution in [2.75, 3.05) is 0 Å². The third-order valence-electron chi connectivity index (χ3n) is 3.09. The van der Waals surface area contributed by atoms with Crippen LogP contribution in [0.15, 0.2) is 36.7 Å². The van der Waals surface area contributed by atoms with Crippen molar-refractivity contribution in [3.05, 3.63) is 51.4 Å². The van der Waals surface area contributed by atoms with Crippen molar-refractivity contribution >= 4 is 30.4 Å². The van der Waals surface area contributed by atoms with Crippen molar-refractivity contribution in [3.8, 4) is 11.1 Å². The van der Waals surface area contributed by atoms with Gasteiger partial charge in [0.2, 0.25) is 0 Å². The summed E-state index contributed by atoms with van der Waals surface area (Å²) in [6, 6.07) is 8.91. The average molecular weight is 449 g/mol. The second kappa shape index (κ2) is 8.89. The van der Waals surface area contributed by atoms with Gasteiger partial charge in [0.05, 0.1) is 5.56 Å². The van der Waals surface area contributed by atoms with Gasteiger partial charge in [-0.25, -0.2) is 4.57 Å². The number of halogens is 1. The van der Waals surface area contributed by atoms with E-state index in [1.165, 1.54) is 32.2 Å². The molecule has 2 aromatic rings. The lowest BCUT2D eigenvalue weighted by Crippen LogP contribution is -2.28. The van der Waals surface area contributed by atoms with E-state index in [0.29, 0.717) is 0 Å². The van der Waals surface area contributed by atoms with E-state index in [9.17, 15) is 0 Å². The predicted molar refractivity (Wildman–Crippen MR) is 96.5 cm³/mol. The fourth-order valence-corrected chi connectivity index (χ4v) is 2.85. The number of rotatable bonds is 3. The molecular weight excluding hydrogens is 428 g/mol. The Hall–Kier alpha value is -0.790. The summed E-state index contributed by atoms with van der Waals surface area (Å²) in [6.45, 7) is 4.39. The Balaban J connectivity index is 0.000000463. The molecule has 0 aliphatic rings. The zero-order valence-electron chi connectivity index (χ0n) is 13.4. The Morgan fingerprint density at radius 1 is 1.30 bits per heavy atom. The molecule has 1 aromatic heterocycles. The minimum Gasteiger partial charge on any atom is -0.756 e. The number of benzene rings is 1. The van der Waals surface area contributed by atoms with E-state index in [1.807, 2.05) is 0 Å². The number of hydrogen-bond acceptors (Lipinski definition) is 2. The van der Waals surface area contributed by atoms with Crippen molar-refractivity contribution in [2.45, 2.75) is 26.7 Å². The Morgan fingerprint density at radius 2 is 1.91 bits per heavy atom. The molecule has 0 atom stereocenters. The summed E-state index contributed by atoms with van der Waals surface area (Å²) in [7, 11) is -2.80. The fraction of sp³-hybridized carbons (Fsp3) is 0.312. The zero-order chi connectivity index (χ0) is 17.6. The van der Waals surface area contributed by atoms with E-state index in [4.69, 9.17) is 19.2 Å². The van der Waals surface area contributed by atoms with E-state index >= 15 is 0 Å². The van der Waals surface area contributed by atoms with Gasteiger partial charge in [0.15, 0.2) is 12.4 Å². The fourth-order valence-electron chi connectivity index (χ4n) is 2.26. The van der Waals surface area contributed by atoms with Crippen LogP contribution in [-0.2, 0) is 18.0 Å². The van der Waals surface area contributed by atoms with Crippen LogP contribution in [0.1, 0.15) is 24.5 Å². The molecule has 0 radical (unpaired) electrons. The Kier molecular flexibility index (Phi) is 7.83. The summed E-state index contributed by atoms with van der Waals surface area (Å²) in [5.74, 6) is 0. The molecule has 0 amide bonds. The van der Waals surface area contributed by atoms with Crippen LogP contribution in [0, 0.1) is 10.5 Å². The van der Waals surface area contributed by atoms with Gasteiger partial charge in [0.25, 0.3) is 7.82 Å². The van der Waals surface area contributed by atoms with E-state index in [1.54, 1.807) is 0 Å². The molecule has 2 rings (SSSR count). The molecule has 0 saturated carbocycles. The maximum Gasteiger partial charge on any atom is 0.262 e. The molecule has 1 aromatic carbocycles. The molecule has 2 N–H and O–H groups in total. The normalized spacial score (nSPS) is 10.9. The summed E-state index contributed by atoms with van der Waals surface area (Å²) in [5.41, 5.74) is 5.41. The van der Waals surface area contributed by atoms with E-state index in [-0.39, 0.29) is 0 Å². The summed E-state index contributed by atoms with van der Waals surface area (Å²) >= 11 is 2.44. The Morgan fingerprint density at radius 3 is 2.48 bits per heavy atom. The van der Waals surface area contributed by atoms with Gasteiger partial charge >= 0.3 is 0 Å². The molecule has 1 heterocycles. The lowest BCUT2D eigenvalue weighted by Gasteiger charge is -2.07. The summed E-state index contributed by atoms with van der Waals surface area (Å²) in [6.07, 6.45) is 6.73. The van der Waals surface area contributed by atoms with Gasteiger partial charge in [-0.3, -0.25) is 4.57 Å². The van der Waals surface area contributed by atoms with Gasteiger partial charge in [-0.2, -0.15) is 0 Å². The molecule has 0 fully saturated rings. The number of aromatic nitrogens is 1. The number of pyridine rings is 1. The quantitative estimate of drug-likeness (QED) is 0.429. The van der Waals surface area contributed by atoms with Crippen molar-refractivity contribution in [3.63, 3.8) is 0 Å². The SMILES string of the molecule is CCCc1cccc(-c2c[n+](C)cc(C)c2I)c1.O=P([O-])(O)O. The van der Waals surface area contributed by atoms with Gasteiger partial charge < -0.3 is 14.7 Å². The minimum absolute atomic E-state index is 1.16. The number of aryl methyl sites for hydroxylation is 3. The predicted octanol–water partition coefficient (Wildman–Crippen LogP) is 2.48. The van der Waals surface area contributed by atoms with Crippen LogP contribution >= 0.6 is 30.4 Å². The van der Waals surface area contributed by atoms with E-state index < -0.39 is 7.82 Å². The molecule has 0 bridgehead atoms. The van der Waals surface area contributed by atoms with Crippen molar-refractivity contribution < 1.29 is 23.8 Å². The smallest absolute Gasteiger partial charge is 0.262 e. The van der Waals surface area contributed by atoms with Crippen LogP contribution in [0.2, 0.25) is 0 Å². The summed E-state index contributed by atoms with van der Waals surface area (Å²) < 4.78 is 12.3. The first-order valence-electron chi connectivity index (χ1n) is 7.13. The highest BCUT2D eigenvalue weighted by Crippen LogP contribution is 2.26. The van der Waals surface area contributed by atoms with Crippen LogP contribution < -0.4 is 9.46 Å². The molecule has 0 aliphatic carbocycles. The van der Waals surface area contributed by atoms with Crippen LogP contribution in [0.5, 0.6) is 0 Å². The molecule has 23 heavy (non-hydrogen) atoms. The minimum atomic E-state index is -4.89. The average Bonchev–Trinajstić information content (AvgIpc) is 2.42. The maximum atomic E-state index is 8.77. The molecule has 0 aliphatic heterocycles. The van der Waals surface area contributed by atoms with E-state index in [0.717, 1.165) is 6.42 Å². The van der Waals surface area contributed by atoms with Crippen LogP contribution in [0.25, 0.3) is 11.1 Å². The number of phosphoric acid groups is 1. The third kappa shape index (κ3) is 7.54. The summed E-state index contributed by atoms with van der Waals surface area (Å²) in [4.78, 5) is 22.9. The van der Waals surface area contributed by atoms with Crippen molar-refractivity contribution in [2.24, 2.45) is 7.05 Å². The lowest BCUT2D eigenvalue weighted by atomic mass is 10.0. The highest BCUT2D eigenvalue weighted by Gasteiger charge is 2.11. The monoisotopic (exact) mass is 449 g/mol. The largest absolute Gasteiger partial charge is 0.756 e. The molecule has 126 valence electrons. The maximum absolute atomic E-state index is 8.77. The lowest BCUT2D eigenvalue weighted by molar-refractivity contribution is -0.671. The van der Waals surface area contributed by atoms with Gasteiger partial charge in [-0.1, -0.05) is 37.6 Å². The number of hydrogen-bond donors (Lipinski definition) is 2. The highest BCUT2D eigenvalue weighted by molar-refractivity contribution is 14.1. The highest BCUT2D eigenvalue weighted by atomic mass is 127. The molecule has 5 nitrogen and oxygen atoms in total. The molecule has 7 heteroatoms. The molecule has 0 spiro atoms. The van der Waals surface area contributed by atoms with Gasteiger partial charge in [0.1, 0.15) is 7.05 Å². The van der Waals surface area contributed by atoms with Gasteiger partial charge in [-0.15, -0.1) is 0 Å². The van der Waals surface area contributed by atoms with Crippen molar-refractivity contribution in [1.29, 1.82) is 0 Å². The number of nitrogens with zero attached hydrogens (tertiary/aromatic N) is 1. The van der Waals surface area contributed by atoms with Crippen LogP contribution in [-0.4, -0.2) is 9.79 Å². The van der Waals surface area contributed by atoms with Crippen molar-refractivity contribution in [1.82, 2.24) is 0 Å². The molecule has 0 saturated heterocycles. The first kappa shape index (κ1) is 20.3. The van der Waals surface area contributed by atoms with Gasteiger partial charge in [0, 0.05) is 9.13 Å². The Bertz CT molecular complexity index is 707. The van der Waals surface area contributed by atoms with Crippen LogP contribution in [0.4, 0.5) is 0 Å². The van der Waals surface area contributed by atoms with Crippen LogP contribution in [0.3, 0.4) is 0 Å².